The SMILES string of the molecule is CC(C(=O)O)N(C)C(=O)N1CCC2CCCCC2C1. The number of hydrogen-bond acceptors (Lipinski definition) is 2. The van der Waals surface area contributed by atoms with Gasteiger partial charge in [0.15, 0.2) is 0 Å². The Morgan fingerprint density at radius 2 is 1.84 bits per heavy atom. The maximum absolute atomic E-state index is 12.3. The molecule has 1 aliphatic carbocycles. The molecule has 2 aliphatic rings. The van der Waals surface area contributed by atoms with Crippen molar-refractivity contribution in [2.75, 3.05) is 20.1 Å². The number of hydrogen-bond donors (Lipinski definition) is 1. The van der Waals surface area contributed by atoms with E-state index in [2.05, 4.69) is 0 Å². The largest absolute Gasteiger partial charge is 0.480 e. The van der Waals surface area contributed by atoms with E-state index in [-0.39, 0.29) is 6.03 Å². The van der Waals surface area contributed by atoms with Gasteiger partial charge in [-0.3, -0.25) is 0 Å². The Labute approximate surface area is 114 Å². The van der Waals surface area contributed by atoms with Crippen LogP contribution >= 0.6 is 0 Å². The maximum atomic E-state index is 12.3. The fourth-order valence-electron chi connectivity index (χ4n) is 3.33. The Morgan fingerprint density at radius 3 is 2.47 bits per heavy atom. The first-order valence-electron chi connectivity index (χ1n) is 7.25. The number of carbonyl (C=O) groups is 2. The minimum atomic E-state index is -0.955. The van der Waals surface area contributed by atoms with Crippen LogP contribution in [0.25, 0.3) is 0 Å². The van der Waals surface area contributed by atoms with E-state index in [0.29, 0.717) is 5.92 Å². The lowest BCUT2D eigenvalue weighted by molar-refractivity contribution is -0.141. The van der Waals surface area contributed by atoms with E-state index in [9.17, 15) is 9.59 Å². The first-order valence-corrected chi connectivity index (χ1v) is 7.25. The summed E-state index contributed by atoms with van der Waals surface area (Å²) in [6.45, 7) is 3.13. The van der Waals surface area contributed by atoms with Crippen molar-refractivity contribution >= 4 is 12.0 Å². The number of carboxylic acids is 1. The number of carboxylic acid groups (broad SMARTS) is 1. The van der Waals surface area contributed by atoms with E-state index in [4.69, 9.17) is 5.11 Å². The number of carbonyl (C=O) groups excluding carboxylic acids is 1. The number of nitrogens with zero attached hydrogens (tertiary/aromatic N) is 2. The molecule has 1 N–H and O–H groups in total. The molecule has 108 valence electrons. The molecule has 1 saturated heterocycles. The van der Waals surface area contributed by atoms with Crippen LogP contribution in [0.5, 0.6) is 0 Å². The minimum Gasteiger partial charge on any atom is -0.480 e. The van der Waals surface area contributed by atoms with Crippen LogP contribution in [0.4, 0.5) is 4.79 Å². The maximum Gasteiger partial charge on any atom is 0.326 e. The molecule has 0 spiro atoms. The zero-order valence-corrected chi connectivity index (χ0v) is 11.8. The zero-order valence-electron chi connectivity index (χ0n) is 11.8. The highest BCUT2D eigenvalue weighted by Gasteiger charge is 2.35. The first-order chi connectivity index (χ1) is 9.00. The summed E-state index contributed by atoms with van der Waals surface area (Å²) in [4.78, 5) is 26.4. The molecule has 0 radical (unpaired) electrons. The highest BCUT2D eigenvalue weighted by molar-refractivity contribution is 5.82. The average molecular weight is 268 g/mol. The van der Waals surface area contributed by atoms with E-state index in [1.54, 1.807) is 14.0 Å². The lowest BCUT2D eigenvalue weighted by Gasteiger charge is -2.42. The number of likely N-dealkylation sites (N-methyl/N-ethyl adjacent to an activating group) is 1. The van der Waals surface area contributed by atoms with Crippen molar-refractivity contribution in [3.63, 3.8) is 0 Å². The number of aliphatic carboxylic acids is 1. The van der Waals surface area contributed by atoms with Gasteiger partial charge < -0.3 is 14.9 Å². The van der Waals surface area contributed by atoms with Crippen LogP contribution < -0.4 is 0 Å². The first kappa shape index (κ1) is 14.2. The van der Waals surface area contributed by atoms with Crippen LogP contribution in [0.1, 0.15) is 39.0 Å². The second-order valence-electron chi connectivity index (χ2n) is 5.95. The summed E-state index contributed by atoms with van der Waals surface area (Å²) < 4.78 is 0. The molecule has 5 nitrogen and oxygen atoms in total. The second-order valence-corrected chi connectivity index (χ2v) is 5.95. The van der Waals surface area contributed by atoms with Crippen LogP contribution in [0.15, 0.2) is 0 Å². The third-order valence-electron chi connectivity index (χ3n) is 4.80. The number of urea groups is 1. The fraction of sp³-hybridized carbons (Fsp3) is 0.857. The van der Waals surface area contributed by atoms with Crippen LogP contribution in [0, 0.1) is 11.8 Å². The summed E-state index contributed by atoms with van der Waals surface area (Å²) >= 11 is 0. The smallest absolute Gasteiger partial charge is 0.326 e. The lowest BCUT2D eigenvalue weighted by Crippen LogP contribution is -2.52. The summed E-state index contributed by atoms with van der Waals surface area (Å²) in [5.74, 6) is 0.448. The molecule has 3 atom stereocenters. The number of likely N-dealkylation sites (tertiary alicyclic amines) is 1. The fourth-order valence-corrected chi connectivity index (χ4v) is 3.33. The molecule has 5 heteroatoms. The van der Waals surface area contributed by atoms with E-state index in [1.165, 1.54) is 30.6 Å². The van der Waals surface area contributed by atoms with Gasteiger partial charge in [0.2, 0.25) is 0 Å². The topological polar surface area (TPSA) is 60.9 Å². The van der Waals surface area contributed by atoms with Gasteiger partial charge in [-0.15, -0.1) is 0 Å². The molecule has 1 aliphatic heterocycles. The van der Waals surface area contributed by atoms with Crippen molar-refractivity contribution in [1.82, 2.24) is 9.80 Å². The zero-order chi connectivity index (χ0) is 14.0. The monoisotopic (exact) mass is 268 g/mol. The third-order valence-corrected chi connectivity index (χ3v) is 4.80. The molecule has 19 heavy (non-hydrogen) atoms. The van der Waals surface area contributed by atoms with Gasteiger partial charge in [-0.05, 0) is 31.6 Å². The Bertz CT molecular complexity index is 359. The molecular formula is C14H24N2O3. The van der Waals surface area contributed by atoms with E-state index < -0.39 is 12.0 Å². The summed E-state index contributed by atoms with van der Waals surface area (Å²) in [6, 6.07) is -0.907. The van der Waals surface area contributed by atoms with Gasteiger partial charge >= 0.3 is 12.0 Å². The average Bonchev–Trinajstić information content (AvgIpc) is 2.44. The quantitative estimate of drug-likeness (QED) is 0.833. The van der Waals surface area contributed by atoms with Gasteiger partial charge in [0.1, 0.15) is 6.04 Å². The molecule has 3 unspecified atom stereocenters. The number of piperidine rings is 1. The van der Waals surface area contributed by atoms with E-state index in [0.717, 1.165) is 25.4 Å². The van der Waals surface area contributed by atoms with Gasteiger partial charge in [0.25, 0.3) is 0 Å². The molecule has 2 fully saturated rings. The number of fused-ring (bicyclic) bond motifs is 1. The van der Waals surface area contributed by atoms with Gasteiger partial charge in [-0.2, -0.15) is 0 Å². The predicted octanol–water partition coefficient (Wildman–Crippen LogP) is 2.02. The number of rotatable bonds is 2. The highest BCUT2D eigenvalue weighted by atomic mass is 16.4. The molecule has 2 rings (SSSR count). The molecule has 0 bridgehead atoms. The molecule has 2 amide bonds. The summed E-state index contributed by atoms with van der Waals surface area (Å²) in [5.41, 5.74) is 0. The van der Waals surface area contributed by atoms with Crippen LogP contribution in [-0.4, -0.2) is 53.1 Å². The highest BCUT2D eigenvalue weighted by Crippen LogP contribution is 2.36. The van der Waals surface area contributed by atoms with Crippen molar-refractivity contribution in [3.8, 4) is 0 Å². The van der Waals surface area contributed by atoms with Gasteiger partial charge in [-0.1, -0.05) is 19.3 Å². The van der Waals surface area contributed by atoms with Crippen molar-refractivity contribution in [1.29, 1.82) is 0 Å². The Kier molecular flexibility index (Phi) is 4.32. The lowest BCUT2D eigenvalue weighted by atomic mass is 9.75. The van der Waals surface area contributed by atoms with Crippen molar-refractivity contribution in [2.45, 2.75) is 45.1 Å². The summed E-state index contributed by atoms with van der Waals surface area (Å²) in [5, 5.41) is 8.97. The van der Waals surface area contributed by atoms with Gasteiger partial charge in [-0.25, -0.2) is 9.59 Å². The standard InChI is InChI=1S/C14H24N2O3/c1-10(13(17)18)15(2)14(19)16-8-7-11-5-3-4-6-12(11)9-16/h10-12H,3-9H2,1-2H3,(H,17,18). The molecule has 0 aromatic heterocycles. The minimum absolute atomic E-state index is 0.140. The second kappa shape index (κ2) is 5.80. The van der Waals surface area contributed by atoms with Crippen LogP contribution in [0.3, 0.4) is 0 Å². The van der Waals surface area contributed by atoms with Gasteiger partial charge in [0, 0.05) is 20.1 Å². The molecule has 1 saturated carbocycles. The van der Waals surface area contributed by atoms with Gasteiger partial charge in [0.05, 0.1) is 0 Å². The van der Waals surface area contributed by atoms with E-state index >= 15 is 0 Å². The summed E-state index contributed by atoms with van der Waals surface area (Å²) in [6.07, 6.45) is 6.18. The third kappa shape index (κ3) is 3.01. The molecule has 0 aromatic rings. The number of amides is 2. The van der Waals surface area contributed by atoms with Crippen molar-refractivity contribution in [2.24, 2.45) is 11.8 Å². The summed E-state index contributed by atoms with van der Waals surface area (Å²) in [7, 11) is 1.58. The Balaban J connectivity index is 1.95. The van der Waals surface area contributed by atoms with Crippen LogP contribution in [-0.2, 0) is 4.79 Å². The Morgan fingerprint density at radius 1 is 1.21 bits per heavy atom. The van der Waals surface area contributed by atoms with Crippen LogP contribution in [0.2, 0.25) is 0 Å². The van der Waals surface area contributed by atoms with E-state index in [1.807, 2.05) is 4.90 Å². The molecular weight excluding hydrogens is 244 g/mol. The molecule has 1 heterocycles. The normalized spacial score (nSPS) is 28.4. The van der Waals surface area contributed by atoms with Crippen molar-refractivity contribution in [3.05, 3.63) is 0 Å². The molecule has 0 aromatic carbocycles. The predicted molar refractivity (Wildman–Crippen MR) is 71.9 cm³/mol. The Hall–Kier alpha value is -1.26. The van der Waals surface area contributed by atoms with Crippen molar-refractivity contribution < 1.29 is 14.7 Å².